The number of hydrogen-bond donors (Lipinski definition) is 1. The number of hydrogen-bond acceptors (Lipinski definition) is 5. The van der Waals surface area contributed by atoms with Gasteiger partial charge in [0.25, 0.3) is 0 Å². The normalized spacial score (nSPS) is 14.7. The van der Waals surface area contributed by atoms with E-state index in [2.05, 4.69) is 37.7 Å². The Kier molecular flexibility index (Phi) is 4.98. The van der Waals surface area contributed by atoms with E-state index in [1.807, 2.05) is 24.3 Å². The number of aromatic nitrogens is 2. The van der Waals surface area contributed by atoms with E-state index in [4.69, 9.17) is 11.6 Å². The molecule has 1 N–H and O–H groups in total. The summed E-state index contributed by atoms with van der Waals surface area (Å²) in [6, 6.07) is 9.96. The van der Waals surface area contributed by atoms with Gasteiger partial charge in [-0.1, -0.05) is 23.7 Å². The largest absolute Gasteiger partial charge is 0.368 e. The summed E-state index contributed by atoms with van der Waals surface area (Å²) < 4.78 is 0. The maximum atomic E-state index is 6.08. The van der Waals surface area contributed by atoms with Gasteiger partial charge >= 0.3 is 0 Å². The van der Waals surface area contributed by atoms with Crippen molar-refractivity contribution in [3.63, 3.8) is 0 Å². The quantitative estimate of drug-likeness (QED) is 0.854. The lowest BCUT2D eigenvalue weighted by atomic mass is 10.2. The SMILES string of the molecule is C=CCNc1nccc(N2CCN(c3cccc(Cl)c3)CC2)n1. The fourth-order valence-corrected chi connectivity index (χ4v) is 2.83. The van der Waals surface area contributed by atoms with Gasteiger partial charge in [0.05, 0.1) is 0 Å². The van der Waals surface area contributed by atoms with E-state index in [-0.39, 0.29) is 0 Å². The minimum absolute atomic E-state index is 0.639. The Bertz CT molecular complexity index is 668. The van der Waals surface area contributed by atoms with Crippen LogP contribution in [0.15, 0.2) is 49.2 Å². The van der Waals surface area contributed by atoms with Gasteiger partial charge in [-0.15, -0.1) is 6.58 Å². The molecule has 1 fully saturated rings. The highest BCUT2D eigenvalue weighted by Gasteiger charge is 2.18. The first-order valence-corrected chi connectivity index (χ1v) is 8.07. The summed E-state index contributed by atoms with van der Waals surface area (Å²) >= 11 is 6.08. The smallest absolute Gasteiger partial charge is 0.224 e. The van der Waals surface area contributed by atoms with Crippen molar-refractivity contribution in [3.8, 4) is 0 Å². The lowest BCUT2D eigenvalue weighted by Crippen LogP contribution is -2.46. The Morgan fingerprint density at radius 1 is 1.17 bits per heavy atom. The molecule has 0 aliphatic carbocycles. The van der Waals surface area contributed by atoms with Gasteiger partial charge in [-0.2, -0.15) is 4.98 Å². The van der Waals surface area contributed by atoms with Gasteiger partial charge in [0.1, 0.15) is 5.82 Å². The summed E-state index contributed by atoms with van der Waals surface area (Å²) in [6.07, 6.45) is 3.58. The zero-order valence-corrected chi connectivity index (χ0v) is 13.7. The van der Waals surface area contributed by atoms with Crippen LogP contribution in [0.4, 0.5) is 17.5 Å². The molecule has 0 saturated carbocycles. The Morgan fingerprint density at radius 2 is 1.96 bits per heavy atom. The first-order chi connectivity index (χ1) is 11.3. The monoisotopic (exact) mass is 329 g/mol. The predicted molar refractivity (Wildman–Crippen MR) is 96.6 cm³/mol. The molecule has 1 aliphatic rings. The highest BCUT2D eigenvalue weighted by molar-refractivity contribution is 6.30. The lowest BCUT2D eigenvalue weighted by molar-refractivity contribution is 0.647. The summed E-state index contributed by atoms with van der Waals surface area (Å²) in [5.74, 6) is 1.59. The maximum Gasteiger partial charge on any atom is 0.224 e. The second kappa shape index (κ2) is 7.33. The van der Waals surface area contributed by atoms with Crippen molar-refractivity contribution in [1.82, 2.24) is 9.97 Å². The van der Waals surface area contributed by atoms with E-state index < -0.39 is 0 Å². The lowest BCUT2D eigenvalue weighted by Gasteiger charge is -2.36. The number of anilines is 3. The summed E-state index contributed by atoms with van der Waals surface area (Å²) in [6.45, 7) is 8.08. The molecule has 0 atom stereocenters. The molecular weight excluding hydrogens is 310 g/mol. The van der Waals surface area contributed by atoms with Crippen molar-refractivity contribution in [2.75, 3.05) is 47.8 Å². The molecule has 2 aromatic rings. The molecule has 120 valence electrons. The molecule has 1 aromatic carbocycles. The van der Waals surface area contributed by atoms with Gasteiger partial charge in [0.2, 0.25) is 5.95 Å². The van der Waals surface area contributed by atoms with E-state index in [0.29, 0.717) is 12.5 Å². The third kappa shape index (κ3) is 3.93. The van der Waals surface area contributed by atoms with Crippen LogP contribution < -0.4 is 15.1 Å². The molecule has 0 radical (unpaired) electrons. The van der Waals surface area contributed by atoms with Crippen molar-refractivity contribution in [2.24, 2.45) is 0 Å². The summed E-state index contributed by atoms with van der Waals surface area (Å²) in [5.41, 5.74) is 1.17. The first-order valence-electron chi connectivity index (χ1n) is 7.69. The van der Waals surface area contributed by atoms with Crippen molar-refractivity contribution >= 4 is 29.1 Å². The average Bonchev–Trinajstić information content (AvgIpc) is 2.60. The third-order valence-electron chi connectivity index (χ3n) is 3.82. The van der Waals surface area contributed by atoms with E-state index in [1.54, 1.807) is 12.3 Å². The molecule has 23 heavy (non-hydrogen) atoms. The van der Waals surface area contributed by atoms with Crippen LogP contribution in [0.2, 0.25) is 5.02 Å². The second-order valence-electron chi connectivity index (χ2n) is 5.36. The molecule has 0 unspecified atom stereocenters. The molecular formula is C17H20ClN5. The Hall–Kier alpha value is -2.27. The maximum absolute atomic E-state index is 6.08. The number of nitrogens with one attached hydrogen (secondary N) is 1. The molecule has 0 bridgehead atoms. The predicted octanol–water partition coefficient (Wildman–Crippen LogP) is 3.05. The summed E-state index contributed by atoms with van der Waals surface area (Å²) in [4.78, 5) is 13.4. The molecule has 0 amide bonds. The standard InChI is InChI=1S/C17H20ClN5/c1-2-7-19-17-20-8-6-16(21-17)23-11-9-22(10-12-23)15-5-3-4-14(18)13-15/h2-6,8,13H,1,7,9-12H2,(H,19,20,21). The summed E-state index contributed by atoms with van der Waals surface area (Å²) in [7, 11) is 0. The van der Waals surface area contributed by atoms with Gasteiger partial charge in [-0.3, -0.25) is 0 Å². The number of piperazine rings is 1. The van der Waals surface area contributed by atoms with E-state index in [1.165, 1.54) is 5.69 Å². The fraction of sp³-hybridized carbons (Fsp3) is 0.294. The molecule has 6 heteroatoms. The van der Waals surface area contributed by atoms with Crippen LogP contribution in [0.1, 0.15) is 0 Å². The van der Waals surface area contributed by atoms with Gasteiger partial charge < -0.3 is 15.1 Å². The van der Waals surface area contributed by atoms with Crippen molar-refractivity contribution in [3.05, 3.63) is 54.2 Å². The number of benzene rings is 1. The van der Waals surface area contributed by atoms with Crippen LogP contribution in [0.5, 0.6) is 0 Å². The van der Waals surface area contributed by atoms with Gasteiger partial charge in [0.15, 0.2) is 0 Å². The first kappa shape index (κ1) is 15.6. The molecule has 2 heterocycles. The number of rotatable bonds is 5. The minimum atomic E-state index is 0.639. The Morgan fingerprint density at radius 3 is 2.70 bits per heavy atom. The Labute approximate surface area is 141 Å². The highest BCUT2D eigenvalue weighted by atomic mass is 35.5. The molecule has 1 aliphatic heterocycles. The van der Waals surface area contributed by atoms with E-state index in [9.17, 15) is 0 Å². The van der Waals surface area contributed by atoms with Crippen LogP contribution in [-0.4, -0.2) is 42.7 Å². The zero-order chi connectivity index (χ0) is 16.1. The number of nitrogens with zero attached hydrogens (tertiary/aromatic N) is 4. The zero-order valence-electron chi connectivity index (χ0n) is 13.0. The topological polar surface area (TPSA) is 44.3 Å². The second-order valence-corrected chi connectivity index (χ2v) is 5.80. The Balaban J connectivity index is 1.63. The average molecular weight is 330 g/mol. The van der Waals surface area contributed by atoms with Crippen LogP contribution in [0.25, 0.3) is 0 Å². The molecule has 5 nitrogen and oxygen atoms in total. The number of halogens is 1. The van der Waals surface area contributed by atoms with Crippen LogP contribution in [0, 0.1) is 0 Å². The summed E-state index contributed by atoms with van der Waals surface area (Å²) in [5, 5.41) is 3.90. The third-order valence-corrected chi connectivity index (χ3v) is 4.06. The molecule has 1 aromatic heterocycles. The van der Waals surface area contributed by atoms with Crippen molar-refractivity contribution in [1.29, 1.82) is 0 Å². The van der Waals surface area contributed by atoms with E-state index in [0.717, 1.165) is 37.0 Å². The van der Waals surface area contributed by atoms with Gasteiger partial charge in [0, 0.05) is 49.6 Å². The molecule has 0 spiro atoms. The van der Waals surface area contributed by atoms with Gasteiger partial charge in [-0.05, 0) is 24.3 Å². The van der Waals surface area contributed by atoms with Crippen molar-refractivity contribution < 1.29 is 0 Å². The van der Waals surface area contributed by atoms with Crippen LogP contribution in [0.3, 0.4) is 0 Å². The van der Waals surface area contributed by atoms with E-state index >= 15 is 0 Å². The fourth-order valence-electron chi connectivity index (χ4n) is 2.64. The van der Waals surface area contributed by atoms with Crippen LogP contribution >= 0.6 is 11.6 Å². The van der Waals surface area contributed by atoms with Crippen LogP contribution in [-0.2, 0) is 0 Å². The van der Waals surface area contributed by atoms with Crippen molar-refractivity contribution in [2.45, 2.75) is 0 Å². The minimum Gasteiger partial charge on any atom is -0.368 e. The van der Waals surface area contributed by atoms with Gasteiger partial charge in [-0.25, -0.2) is 4.98 Å². The highest BCUT2D eigenvalue weighted by Crippen LogP contribution is 2.22. The molecule has 1 saturated heterocycles. The molecule has 3 rings (SSSR count).